The van der Waals surface area contributed by atoms with Crippen molar-refractivity contribution in [3.8, 4) is 0 Å². The molecule has 618 valence electrons. The van der Waals surface area contributed by atoms with Crippen molar-refractivity contribution in [1.82, 2.24) is 0 Å². The third-order valence-electron chi connectivity index (χ3n) is 20.0. The number of aliphatic hydroxyl groups excluding tert-OH is 1. The molecular weight excluding hydrogens is 1350 g/mol. The van der Waals surface area contributed by atoms with E-state index in [9.17, 15) is 43.2 Å². The fraction of sp³-hybridized carbons (Fsp3) is 0.953. The molecule has 5 atom stereocenters. The molecule has 0 aromatic carbocycles. The number of carbonyl (C=O) groups excluding carboxylic acids is 4. The van der Waals surface area contributed by atoms with Gasteiger partial charge in [0.25, 0.3) is 0 Å². The maximum atomic E-state index is 13.1. The van der Waals surface area contributed by atoms with Gasteiger partial charge in [0.2, 0.25) is 0 Å². The Kier molecular flexibility index (Phi) is 75.0. The monoisotopic (exact) mass is 1520 g/mol. The number of rotatable bonds is 84. The number of ether oxygens (including phenoxy) is 4. The summed E-state index contributed by atoms with van der Waals surface area (Å²) in [4.78, 5) is 73.0. The van der Waals surface area contributed by atoms with Gasteiger partial charge in [-0.05, 0) is 37.5 Å². The molecule has 0 fully saturated rings. The number of carbonyl (C=O) groups is 4. The van der Waals surface area contributed by atoms with E-state index >= 15 is 0 Å². The van der Waals surface area contributed by atoms with E-state index in [0.29, 0.717) is 25.7 Å². The summed E-state index contributed by atoms with van der Waals surface area (Å²) < 4.78 is 68.7. The van der Waals surface area contributed by atoms with Gasteiger partial charge in [0.05, 0.1) is 26.4 Å². The average molecular weight is 1520 g/mol. The van der Waals surface area contributed by atoms with Crippen LogP contribution >= 0.6 is 15.6 Å². The van der Waals surface area contributed by atoms with Crippen LogP contribution in [0.3, 0.4) is 0 Å². The first-order chi connectivity index (χ1) is 50.4. The first kappa shape index (κ1) is 102. The Hall–Kier alpha value is -1.94. The van der Waals surface area contributed by atoms with E-state index in [1.807, 2.05) is 0 Å². The number of hydrogen-bond donors (Lipinski definition) is 3. The molecule has 104 heavy (non-hydrogen) atoms. The van der Waals surface area contributed by atoms with Crippen molar-refractivity contribution < 1.29 is 80.2 Å². The smallest absolute Gasteiger partial charge is 0.462 e. The van der Waals surface area contributed by atoms with E-state index in [-0.39, 0.29) is 25.7 Å². The van der Waals surface area contributed by atoms with Crippen LogP contribution in [0.5, 0.6) is 0 Å². The SMILES string of the molecule is CCCCCCCCCCCCCCCCCCCCCC(=O)O[C@H](COC(=O)CCCCCCCCC)COP(=O)(O)OC[C@H](O)COP(=O)(O)OC[C@@H](COC(=O)CCCCCCCCCCCCCCCCCCC(C)C)OC(=O)CCCCCCCCCCCCCCCCCCC(C)C. The number of esters is 4. The number of phosphoric ester groups is 2. The maximum absolute atomic E-state index is 13.1. The highest BCUT2D eigenvalue weighted by Gasteiger charge is 2.30. The van der Waals surface area contributed by atoms with E-state index < -0.39 is 97.5 Å². The minimum Gasteiger partial charge on any atom is -0.462 e. The highest BCUT2D eigenvalue weighted by Crippen LogP contribution is 2.45. The maximum Gasteiger partial charge on any atom is 0.472 e. The molecule has 0 heterocycles. The van der Waals surface area contributed by atoms with E-state index in [0.717, 1.165) is 115 Å². The Bertz CT molecular complexity index is 1990. The topological polar surface area (TPSA) is 237 Å². The van der Waals surface area contributed by atoms with Gasteiger partial charge in [0.15, 0.2) is 12.2 Å². The molecular formula is C85H166O17P2. The Morgan fingerprint density at radius 3 is 0.654 bits per heavy atom. The molecule has 2 unspecified atom stereocenters. The molecule has 0 amide bonds. The molecule has 3 N–H and O–H groups in total. The zero-order chi connectivity index (χ0) is 76.4. The lowest BCUT2D eigenvalue weighted by atomic mass is 10.0. The Balaban J connectivity index is 5.16. The van der Waals surface area contributed by atoms with Crippen LogP contribution in [0.2, 0.25) is 0 Å². The van der Waals surface area contributed by atoms with Crippen LogP contribution in [0.25, 0.3) is 0 Å². The molecule has 0 aliphatic carbocycles. The summed E-state index contributed by atoms with van der Waals surface area (Å²) in [6, 6.07) is 0. The molecule has 0 rings (SSSR count). The fourth-order valence-electron chi connectivity index (χ4n) is 13.2. The predicted molar refractivity (Wildman–Crippen MR) is 428 cm³/mol. The van der Waals surface area contributed by atoms with Crippen molar-refractivity contribution in [3.05, 3.63) is 0 Å². The standard InChI is InChI=1S/C85H166O17P2/c1-7-9-11-13-15-16-17-18-19-20-21-22-30-35-40-45-51-57-63-69-84(89)101-80(73-95-82(87)67-61-55-47-14-12-10-8-2)75-99-103(91,92)97-71-79(86)72-98-104(93,94)100-76-81(102-85(90)70-64-58-52-46-41-36-31-26-24-28-33-38-43-49-54-60-66-78(5)6)74-96-83(88)68-62-56-50-44-39-34-29-25-23-27-32-37-42-48-53-59-65-77(3)4/h77-81,86H,7-76H2,1-6H3,(H,91,92)(H,93,94)/t79-,80+,81+/m0/s1. The normalized spacial score (nSPS) is 13.8. The zero-order valence-corrected chi connectivity index (χ0v) is 70.1. The molecule has 0 spiro atoms. The third kappa shape index (κ3) is 78.2. The van der Waals surface area contributed by atoms with E-state index in [1.165, 1.54) is 257 Å². The summed E-state index contributed by atoms with van der Waals surface area (Å²) in [5.41, 5.74) is 0. The minimum absolute atomic E-state index is 0.109. The molecule has 0 aliphatic heterocycles. The molecule has 0 bridgehead atoms. The largest absolute Gasteiger partial charge is 0.472 e. The Morgan fingerprint density at radius 2 is 0.442 bits per heavy atom. The van der Waals surface area contributed by atoms with Crippen LogP contribution in [-0.2, 0) is 65.4 Å². The van der Waals surface area contributed by atoms with Crippen LogP contribution < -0.4 is 0 Å². The lowest BCUT2D eigenvalue weighted by Gasteiger charge is -2.21. The number of unbranched alkanes of at least 4 members (excludes halogenated alkanes) is 54. The van der Waals surface area contributed by atoms with Gasteiger partial charge in [-0.15, -0.1) is 0 Å². The molecule has 17 nitrogen and oxygen atoms in total. The molecule has 0 radical (unpaired) electrons. The highest BCUT2D eigenvalue weighted by molar-refractivity contribution is 7.47. The van der Waals surface area contributed by atoms with Gasteiger partial charge in [0.1, 0.15) is 19.3 Å². The third-order valence-corrected chi connectivity index (χ3v) is 21.9. The van der Waals surface area contributed by atoms with Crippen LogP contribution in [0.1, 0.15) is 452 Å². The van der Waals surface area contributed by atoms with Gasteiger partial charge in [-0.3, -0.25) is 37.3 Å². The van der Waals surface area contributed by atoms with Crippen molar-refractivity contribution in [2.24, 2.45) is 11.8 Å². The molecule has 19 heteroatoms. The first-order valence-electron chi connectivity index (χ1n) is 44.0. The quantitative estimate of drug-likeness (QED) is 0.0222. The Labute approximate surface area is 638 Å². The highest BCUT2D eigenvalue weighted by atomic mass is 31.2. The van der Waals surface area contributed by atoms with Crippen molar-refractivity contribution >= 4 is 39.5 Å². The molecule has 0 saturated heterocycles. The van der Waals surface area contributed by atoms with E-state index in [1.54, 1.807) is 0 Å². The number of aliphatic hydroxyl groups is 1. The van der Waals surface area contributed by atoms with Gasteiger partial charge in [-0.25, -0.2) is 9.13 Å². The number of hydrogen-bond acceptors (Lipinski definition) is 15. The lowest BCUT2D eigenvalue weighted by Crippen LogP contribution is -2.30. The van der Waals surface area contributed by atoms with Crippen molar-refractivity contribution in [3.63, 3.8) is 0 Å². The van der Waals surface area contributed by atoms with Crippen LogP contribution in [-0.4, -0.2) is 96.7 Å². The summed E-state index contributed by atoms with van der Waals surface area (Å²) >= 11 is 0. The number of phosphoric acid groups is 2. The molecule has 0 aromatic heterocycles. The van der Waals surface area contributed by atoms with Crippen molar-refractivity contribution in [2.45, 2.75) is 471 Å². The summed E-state index contributed by atoms with van der Waals surface area (Å²) in [6.07, 6.45) is 68.2. The van der Waals surface area contributed by atoms with Gasteiger partial charge >= 0.3 is 39.5 Å². The van der Waals surface area contributed by atoms with E-state index in [2.05, 4.69) is 41.5 Å². The zero-order valence-electron chi connectivity index (χ0n) is 68.3. The Morgan fingerprint density at radius 1 is 0.260 bits per heavy atom. The van der Waals surface area contributed by atoms with Gasteiger partial charge in [-0.2, -0.15) is 0 Å². The van der Waals surface area contributed by atoms with Crippen molar-refractivity contribution in [1.29, 1.82) is 0 Å². The molecule has 0 saturated carbocycles. The summed E-state index contributed by atoms with van der Waals surface area (Å²) in [5.74, 6) is -0.486. The van der Waals surface area contributed by atoms with Crippen molar-refractivity contribution in [2.75, 3.05) is 39.6 Å². The second kappa shape index (κ2) is 76.4. The van der Waals surface area contributed by atoms with E-state index in [4.69, 9.17) is 37.0 Å². The first-order valence-corrected chi connectivity index (χ1v) is 47.0. The van der Waals surface area contributed by atoms with Crippen LogP contribution in [0, 0.1) is 11.8 Å². The van der Waals surface area contributed by atoms with Gasteiger partial charge in [-0.1, -0.05) is 401 Å². The minimum atomic E-state index is -4.96. The fourth-order valence-corrected chi connectivity index (χ4v) is 14.8. The van der Waals surface area contributed by atoms with Crippen LogP contribution in [0.15, 0.2) is 0 Å². The average Bonchev–Trinajstić information content (AvgIpc) is 0.923. The summed E-state index contributed by atoms with van der Waals surface area (Å²) in [5, 5.41) is 10.7. The van der Waals surface area contributed by atoms with Gasteiger partial charge in [0, 0.05) is 25.7 Å². The lowest BCUT2D eigenvalue weighted by molar-refractivity contribution is -0.161. The second-order valence-electron chi connectivity index (χ2n) is 31.5. The van der Waals surface area contributed by atoms with Crippen LogP contribution in [0.4, 0.5) is 0 Å². The summed E-state index contributed by atoms with van der Waals surface area (Å²) in [6.45, 7) is 9.69. The molecule has 0 aliphatic rings. The second-order valence-corrected chi connectivity index (χ2v) is 34.4. The molecule has 0 aromatic rings. The summed E-state index contributed by atoms with van der Waals surface area (Å²) in [7, 11) is -9.92. The van der Waals surface area contributed by atoms with Gasteiger partial charge < -0.3 is 33.8 Å². The predicted octanol–water partition coefficient (Wildman–Crippen LogP) is 25.8.